The summed E-state index contributed by atoms with van der Waals surface area (Å²) >= 11 is 0. The zero-order valence-electron chi connectivity index (χ0n) is 8.31. The van der Waals surface area contributed by atoms with Crippen molar-refractivity contribution in [3.05, 3.63) is 11.8 Å². The molecule has 78 valence electrons. The van der Waals surface area contributed by atoms with Crippen LogP contribution in [0.2, 0.25) is 0 Å². The van der Waals surface area contributed by atoms with E-state index in [0.29, 0.717) is 11.6 Å². The maximum atomic E-state index is 11.2. The molecule has 0 fully saturated rings. The third-order valence-corrected chi connectivity index (χ3v) is 1.57. The van der Waals surface area contributed by atoms with Gasteiger partial charge in [-0.1, -0.05) is 0 Å². The van der Waals surface area contributed by atoms with E-state index in [0.717, 1.165) is 5.06 Å². The van der Waals surface area contributed by atoms with Crippen molar-refractivity contribution in [2.24, 2.45) is 0 Å². The number of amides is 1. The first kappa shape index (κ1) is 10.5. The Balaban J connectivity index is 2.37. The lowest BCUT2D eigenvalue weighted by atomic mass is 10.5. The predicted molar refractivity (Wildman–Crippen MR) is 46.5 cm³/mol. The highest BCUT2D eigenvalue weighted by molar-refractivity contribution is 5.76. The molecule has 1 amide bonds. The van der Waals surface area contributed by atoms with Crippen molar-refractivity contribution in [2.75, 3.05) is 20.8 Å². The number of carbonyl (C=O) groups is 1. The molecular formula is C8H12N2O4. The van der Waals surface area contributed by atoms with E-state index < -0.39 is 0 Å². The summed E-state index contributed by atoms with van der Waals surface area (Å²) in [4.78, 5) is 15.8. The molecule has 0 aliphatic rings. The van der Waals surface area contributed by atoms with E-state index in [4.69, 9.17) is 9.26 Å². The molecule has 0 spiro atoms. The minimum Gasteiger partial charge on any atom is -0.465 e. The van der Waals surface area contributed by atoms with Gasteiger partial charge in [0, 0.05) is 13.1 Å². The molecule has 0 unspecified atom stereocenters. The van der Waals surface area contributed by atoms with Crippen LogP contribution in [0.4, 0.5) is 0 Å². The predicted octanol–water partition coefficient (Wildman–Crippen LogP) is 0.382. The second kappa shape index (κ2) is 4.61. The molecule has 0 saturated carbocycles. The summed E-state index contributed by atoms with van der Waals surface area (Å²) in [5.41, 5.74) is 0. The van der Waals surface area contributed by atoms with Gasteiger partial charge in [0.05, 0.1) is 7.11 Å². The van der Waals surface area contributed by atoms with Gasteiger partial charge in [0.2, 0.25) is 0 Å². The van der Waals surface area contributed by atoms with Crippen molar-refractivity contribution in [3.63, 3.8) is 0 Å². The maximum Gasteiger partial charge on any atom is 0.283 e. The number of hydrogen-bond donors (Lipinski definition) is 0. The summed E-state index contributed by atoms with van der Waals surface area (Å²) in [5.74, 6) is 0.626. The Morgan fingerprint density at radius 2 is 2.43 bits per heavy atom. The van der Waals surface area contributed by atoms with Crippen LogP contribution in [0, 0.1) is 6.92 Å². The van der Waals surface area contributed by atoms with Crippen LogP contribution in [0.5, 0.6) is 5.88 Å². The topological polar surface area (TPSA) is 64.8 Å². The minimum atomic E-state index is -0.298. The zero-order valence-corrected chi connectivity index (χ0v) is 8.31. The summed E-state index contributed by atoms with van der Waals surface area (Å²) in [5, 5.41) is 4.64. The van der Waals surface area contributed by atoms with Crippen LogP contribution < -0.4 is 4.74 Å². The third kappa shape index (κ3) is 2.74. The van der Waals surface area contributed by atoms with Gasteiger partial charge in [0.15, 0.2) is 6.61 Å². The van der Waals surface area contributed by atoms with Crippen LogP contribution in [0.3, 0.4) is 0 Å². The fourth-order valence-electron chi connectivity index (χ4n) is 0.740. The number of hydrogen-bond acceptors (Lipinski definition) is 5. The first-order valence-corrected chi connectivity index (χ1v) is 4.00. The Hall–Kier alpha value is -1.56. The van der Waals surface area contributed by atoms with E-state index in [1.807, 2.05) is 0 Å². The highest BCUT2D eigenvalue weighted by Crippen LogP contribution is 2.09. The van der Waals surface area contributed by atoms with Gasteiger partial charge < -0.3 is 9.26 Å². The van der Waals surface area contributed by atoms with E-state index in [2.05, 4.69) is 9.99 Å². The molecule has 1 aromatic heterocycles. The van der Waals surface area contributed by atoms with Crippen LogP contribution in [-0.2, 0) is 9.63 Å². The Bertz CT molecular complexity index is 310. The van der Waals surface area contributed by atoms with Gasteiger partial charge in [-0.15, -0.1) is 0 Å². The summed E-state index contributed by atoms with van der Waals surface area (Å²) < 4.78 is 9.79. The molecule has 6 heteroatoms. The Morgan fingerprint density at radius 3 is 2.93 bits per heavy atom. The van der Waals surface area contributed by atoms with Gasteiger partial charge >= 0.3 is 0 Å². The van der Waals surface area contributed by atoms with Gasteiger partial charge in [-0.3, -0.25) is 9.63 Å². The molecule has 0 aliphatic carbocycles. The molecule has 1 aromatic rings. The summed E-state index contributed by atoms with van der Waals surface area (Å²) in [6.45, 7) is 1.61. The highest BCUT2D eigenvalue weighted by Gasteiger charge is 2.10. The summed E-state index contributed by atoms with van der Waals surface area (Å²) in [6.07, 6.45) is 0. The molecule has 0 bridgehead atoms. The van der Waals surface area contributed by atoms with E-state index in [-0.39, 0.29) is 12.5 Å². The standard InChI is InChI=1S/C8H12N2O4/c1-6-4-7(9-14-6)13-5-8(11)10(2)12-3/h4H,5H2,1-3H3. The molecule has 0 atom stereocenters. The molecule has 0 N–H and O–H groups in total. The van der Waals surface area contributed by atoms with Crippen molar-refractivity contribution in [2.45, 2.75) is 6.92 Å². The number of rotatable bonds is 4. The quantitative estimate of drug-likeness (QED) is 0.657. The number of nitrogens with zero attached hydrogens (tertiary/aromatic N) is 2. The minimum absolute atomic E-state index is 0.129. The lowest BCUT2D eigenvalue weighted by molar-refractivity contribution is -0.170. The largest absolute Gasteiger partial charge is 0.465 e. The smallest absolute Gasteiger partial charge is 0.283 e. The highest BCUT2D eigenvalue weighted by atomic mass is 16.7. The average Bonchev–Trinajstić information content (AvgIpc) is 2.59. The molecule has 0 saturated heterocycles. The number of carbonyl (C=O) groups excluding carboxylic acids is 1. The first-order valence-electron chi connectivity index (χ1n) is 4.00. The van der Waals surface area contributed by atoms with E-state index in [9.17, 15) is 4.79 Å². The van der Waals surface area contributed by atoms with Gasteiger partial charge in [-0.2, -0.15) is 0 Å². The molecule has 6 nitrogen and oxygen atoms in total. The molecule has 0 radical (unpaired) electrons. The normalized spacial score (nSPS) is 9.93. The van der Waals surface area contributed by atoms with Crippen LogP contribution in [0.25, 0.3) is 0 Å². The van der Waals surface area contributed by atoms with E-state index >= 15 is 0 Å². The molecular weight excluding hydrogens is 188 g/mol. The SMILES string of the molecule is CON(C)C(=O)COc1cc(C)on1. The van der Waals surface area contributed by atoms with Crippen LogP contribution in [-0.4, -0.2) is 36.9 Å². The van der Waals surface area contributed by atoms with Gasteiger partial charge in [0.1, 0.15) is 5.76 Å². The van der Waals surface area contributed by atoms with Crippen molar-refractivity contribution in [3.8, 4) is 5.88 Å². The number of ether oxygens (including phenoxy) is 1. The molecule has 0 aliphatic heterocycles. The molecule has 0 aromatic carbocycles. The third-order valence-electron chi connectivity index (χ3n) is 1.57. The van der Waals surface area contributed by atoms with Gasteiger partial charge in [0.25, 0.3) is 11.8 Å². The van der Waals surface area contributed by atoms with Gasteiger partial charge in [-0.25, -0.2) is 5.06 Å². The van der Waals surface area contributed by atoms with E-state index in [1.54, 1.807) is 13.0 Å². The van der Waals surface area contributed by atoms with Gasteiger partial charge in [-0.05, 0) is 12.1 Å². The average molecular weight is 200 g/mol. The second-order valence-electron chi connectivity index (χ2n) is 2.64. The monoisotopic (exact) mass is 200 g/mol. The molecule has 1 heterocycles. The lowest BCUT2D eigenvalue weighted by Gasteiger charge is -2.12. The fourth-order valence-corrected chi connectivity index (χ4v) is 0.740. The van der Waals surface area contributed by atoms with Crippen molar-refractivity contribution >= 4 is 5.91 Å². The Kier molecular flexibility index (Phi) is 3.47. The number of hydroxylamine groups is 2. The first-order chi connectivity index (χ1) is 6.63. The Morgan fingerprint density at radius 1 is 1.71 bits per heavy atom. The molecule has 14 heavy (non-hydrogen) atoms. The van der Waals surface area contributed by atoms with Crippen molar-refractivity contribution < 1.29 is 18.9 Å². The molecule has 1 rings (SSSR count). The fraction of sp³-hybridized carbons (Fsp3) is 0.500. The van der Waals surface area contributed by atoms with Crippen LogP contribution in [0.15, 0.2) is 10.6 Å². The number of aryl methyl sites for hydroxylation is 1. The van der Waals surface area contributed by atoms with Crippen LogP contribution >= 0.6 is 0 Å². The number of likely N-dealkylation sites (N-methyl/N-ethyl adjacent to an activating group) is 1. The second-order valence-corrected chi connectivity index (χ2v) is 2.64. The summed E-state index contributed by atoms with van der Waals surface area (Å²) in [7, 11) is 2.90. The summed E-state index contributed by atoms with van der Waals surface area (Å²) in [6, 6.07) is 1.60. The van der Waals surface area contributed by atoms with Crippen LogP contribution in [0.1, 0.15) is 5.76 Å². The maximum absolute atomic E-state index is 11.2. The lowest BCUT2D eigenvalue weighted by Crippen LogP contribution is -2.30. The Labute approximate surface area is 81.3 Å². The van der Waals surface area contributed by atoms with Crippen molar-refractivity contribution in [1.82, 2.24) is 10.2 Å². The van der Waals surface area contributed by atoms with E-state index in [1.165, 1.54) is 14.2 Å². The zero-order chi connectivity index (χ0) is 10.6. The number of aromatic nitrogens is 1. The van der Waals surface area contributed by atoms with Crippen molar-refractivity contribution in [1.29, 1.82) is 0 Å².